The summed E-state index contributed by atoms with van der Waals surface area (Å²) in [6, 6.07) is 3.16. The van der Waals surface area contributed by atoms with Gasteiger partial charge in [-0.2, -0.15) is 0 Å². The van der Waals surface area contributed by atoms with Crippen LogP contribution in [0.5, 0.6) is 10.9 Å². The Morgan fingerprint density at radius 2 is 2.00 bits per heavy atom. The molecule has 0 radical (unpaired) electrons. The van der Waals surface area contributed by atoms with Crippen molar-refractivity contribution in [1.82, 2.24) is 20.2 Å². The molecule has 3 heterocycles. The topological polar surface area (TPSA) is 119 Å². The summed E-state index contributed by atoms with van der Waals surface area (Å²) >= 11 is 7.10. The molecule has 27 heavy (non-hydrogen) atoms. The fraction of sp³-hybridized carbons (Fsp3) is 0.188. The zero-order valence-electron chi connectivity index (χ0n) is 14.3. The highest BCUT2D eigenvalue weighted by molar-refractivity contribution is 7.17. The lowest BCUT2D eigenvalue weighted by Gasteiger charge is -2.13. The SMILES string of the molecule is COc1nnc(NC(=O)c2cnc(CO)cc2-c2cc(Cl)ncc2OC)s1. The zero-order valence-corrected chi connectivity index (χ0v) is 15.8. The number of aliphatic hydroxyl groups excluding tert-OH is 1. The van der Waals surface area contributed by atoms with Crippen LogP contribution < -0.4 is 14.8 Å². The lowest BCUT2D eigenvalue weighted by Crippen LogP contribution is -2.14. The maximum Gasteiger partial charge on any atom is 0.295 e. The highest BCUT2D eigenvalue weighted by Crippen LogP contribution is 2.34. The Labute approximate surface area is 163 Å². The van der Waals surface area contributed by atoms with Crippen molar-refractivity contribution in [2.24, 2.45) is 0 Å². The largest absolute Gasteiger partial charge is 0.494 e. The molecular formula is C16H14ClN5O4S. The van der Waals surface area contributed by atoms with Crippen LogP contribution >= 0.6 is 22.9 Å². The van der Waals surface area contributed by atoms with Crippen molar-refractivity contribution >= 4 is 34.0 Å². The smallest absolute Gasteiger partial charge is 0.295 e. The van der Waals surface area contributed by atoms with Crippen molar-refractivity contribution in [2.75, 3.05) is 19.5 Å². The van der Waals surface area contributed by atoms with Crippen LogP contribution in [0.25, 0.3) is 11.1 Å². The predicted molar refractivity (Wildman–Crippen MR) is 99.4 cm³/mol. The van der Waals surface area contributed by atoms with E-state index in [2.05, 4.69) is 25.5 Å². The van der Waals surface area contributed by atoms with Gasteiger partial charge < -0.3 is 14.6 Å². The van der Waals surface area contributed by atoms with Gasteiger partial charge in [-0.1, -0.05) is 16.7 Å². The van der Waals surface area contributed by atoms with E-state index in [1.54, 1.807) is 12.1 Å². The molecule has 3 rings (SSSR count). The number of carbonyl (C=O) groups excluding carboxylic acids is 1. The zero-order chi connectivity index (χ0) is 19.4. The number of rotatable bonds is 6. The van der Waals surface area contributed by atoms with Gasteiger partial charge in [0.1, 0.15) is 10.9 Å². The van der Waals surface area contributed by atoms with Crippen LogP contribution in [0.3, 0.4) is 0 Å². The molecule has 0 atom stereocenters. The third-order valence-electron chi connectivity index (χ3n) is 3.51. The van der Waals surface area contributed by atoms with E-state index in [0.717, 1.165) is 11.3 Å². The third kappa shape index (κ3) is 4.13. The molecule has 0 bridgehead atoms. The monoisotopic (exact) mass is 407 g/mol. The minimum atomic E-state index is -0.462. The normalized spacial score (nSPS) is 10.5. The second kappa shape index (κ2) is 8.25. The van der Waals surface area contributed by atoms with Gasteiger partial charge in [-0.15, -0.1) is 5.10 Å². The van der Waals surface area contributed by atoms with Crippen LogP contribution in [-0.2, 0) is 6.61 Å². The number of ether oxygens (including phenoxy) is 2. The lowest BCUT2D eigenvalue weighted by atomic mass is 10.00. The van der Waals surface area contributed by atoms with Crippen molar-refractivity contribution < 1.29 is 19.4 Å². The second-order valence-electron chi connectivity index (χ2n) is 5.12. The first-order valence-corrected chi connectivity index (χ1v) is 8.73. The van der Waals surface area contributed by atoms with Gasteiger partial charge in [0.2, 0.25) is 5.13 Å². The minimum absolute atomic E-state index is 0.230. The Balaban J connectivity index is 2.05. The number of nitrogens with zero attached hydrogens (tertiary/aromatic N) is 4. The van der Waals surface area contributed by atoms with E-state index in [0.29, 0.717) is 27.8 Å². The highest BCUT2D eigenvalue weighted by atomic mass is 35.5. The van der Waals surface area contributed by atoms with Gasteiger partial charge in [-0.05, 0) is 23.5 Å². The van der Waals surface area contributed by atoms with Crippen molar-refractivity contribution in [2.45, 2.75) is 6.61 Å². The predicted octanol–water partition coefficient (Wildman–Crippen LogP) is 2.41. The van der Waals surface area contributed by atoms with E-state index < -0.39 is 5.91 Å². The molecule has 2 N–H and O–H groups in total. The number of carbonyl (C=O) groups is 1. The molecule has 0 fully saturated rings. The summed E-state index contributed by atoms with van der Waals surface area (Å²) in [6.45, 7) is -0.288. The number of methoxy groups -OCH3 is 2. The molecular weight excluding hydrogens is 394 g/mol. The molecule has 0 aliphatic heterocycles. The Morgan fingerprint density at radius 3 is 2.67 bits per heavy atom. The van der Waals surface area contributed by atoms with E-state index >= 15 is 0 Å². The molecule has 1 amide bonds. The Hall–Kier alpha value is -2.82. The van der Waals surface area contributed by atoms with E-state index in [1.807, 2.05) is 0 Å². The maximum absolute atomic E-state index is 12.8. The van der Waals surface area contributed by atoms with Crippen molar-refractivity contribution in [3.8, 4) is 22.1 Å². The molecule has 140 valence electrons. The average Bonchev–Trinajstić information content (AvgIpc) is 3.14. The van der Waals surface area contributed by atoms with Gasteiger partial charge in [0.05, 0.1) is 38.3 Å². The van der Waals surface area contributed by atoms with Crippen molar-refractivity contribution in [3.05, 3.63) is 40.9 Å². The number of halogens is 1. The summed E-state index contributed by atoms with van der Waals surface area (Å²) in [5.74, 6) is -0.0445. The molecule has 9 nitrogen and oxygen atoms in total. The first kappa shape index (κ1) is 19.0. The van der Waals surface area contributed by atoms with Gasteiger partial charge >= 0.3 is 0 Å². The molecule has 0 aliphatic rings. The lowest BCUT2D eigenvalue weighted by molar-refractivity contribution is 0.102. The van der Waals surface area contributed by atoms with E-state index in [1.165, 1.54) is 26.6 Å². The van der Waals surface area contributed by atoms with Crippen LogP contribution in [0, 0.1) is 0 Å². The molecule has 11 heteroatoms. The Kier molecular flexibility index (Phi) is 5.79. The first-order valence-electron chi connectivity index (χ1n) is 7.54. The quantitative estimate of drug-likeness (QED) is 0.598. The molecule has 3 aromatic heterocycles. The molecule has 0 saturated heterocycles. The number of aromatic nitrogens is 4. The van der Waals surface area contributed by atoms with Gasteiger partial charge in [-0.3, -0.25) is 15.1 Å². The van der Waals surface area contributed by atoms with E-state index in [-0.39, 0.29) is 22.5 Å². The number of hydrogen-bond donors (Lipinski definition) is 2. The number of anilines is 1. The molecule has 0 aliphatic carbocycles. The van der Waals surface area contributed by atoms with Gasteiger partial charge in [0, 0.05) is 17.3 Å². The Morgan fingerprint density at radius 1 is 1.19 bits per heavy atom. The maximum atomic E-state index is 12.8. The molecule has 0 saturated carbocycles. The fourth-order valence-corrected chi connectivity index (χ4v) is 3.00. The van der Waals surface area contributed by atoms with Crippen LogP contribution in [0.1, 0.15) is 16.1 Å². The summed E-state index contributed by atoms with van der Waals surface area (Å²) in [7, 11) is 2.94. The van der Waals surface area contributed by atoms with Crippen LogP contribution in [0.2, 0.25) is 5.15 Å². The third-order valence-corrected chi connectivity index (χ3v) is 4.52. The fourth-order valence-electron chi connectivity index (χ4n) is 2.29. The summed E-state index contributed by atoms with van der Waals surface area (Å²) < 4.78 is 10.3. The van der Waals surface area contributed by atoms with Gasteiger partial charge in [0.25, 0.3) is 11.1 Å². The summed E-state index contributed by atoms with van der Waals surface area (Å²) in [5, 5.41) is 20.5. The number of pyridine rings is 2. The number of nitrogens with one attached hydrogen (secondary N) is 1. The summed E-state index contributed by atoms with van der Waals surface area (Å²) in [5.41, 5.74) is 1.63. The highest BCUT2D eigenvalue weighted by Gasteiger charge is 2.20. The average molecular weight is 408 g/mol. The summed E-state index contributed by atoms with van der Waals surface area (Å²) in [6.07, 6.45) is 2.82. The van der Waals surface area contributed by atoms with Crippen molar-refractivity contribution in [3.63, 3.8) is 0 Å². The van der Waals surface area contributed by atoms with E-state index in [9.17, 15) is 9.90 Å². The molecule has 0 spiro atoms. The molecule has 3 aromatic rings. The standard InChI is InChI=1S/C16H14ClN5O4S/c1-25-12-6-19-13(17)4-10(12)9-3-8(7-23)18-5-11(9)14(24)20-15-21-22-16(26-2)27-15/h3-6,23H,7H2,1-2H3,(H,20,21,24). The number of hydrogen-bond acceptors (Lipinski definition) is 9. The van der Waals surface area contributed by atoms with Crippen LogP contribution in [0.4, 0.5) is 5.13 Å². The van der Waals surface area contributed by atoms with Gasteiger partial charge in [0.15, 0.2) is 0 Å². The molecule has 0 aromatic carbocycles. The van der Waals surface area contributed by atoms with Gasteiger partial charge in [-0.25, -0.2) is 4.98 Å². The minimum Gasteiger partial charge on any atom is -0.494 e. The number of aliphatic hydroxyl groups is 1. The summed E-state index contributed by atoms with van der Waals surface area (Å²) in [4.78, 5) is 20.9. The second-order valence-corrected chi connectivity index (χ2v) is 6.45. The van der Waals surface area contributed by atoms with Crippen LogP contribution in [-0.4, -0.2) is 45.4 Å². The Bertz CT molecular complexity index is 981. The first-order chi connectivity index (χ1) is 13.0. The van der Waals surface area contributed by atoms with Crippen molar-refractivity contribution in [1.29, 1.82) is 0 Å². The number of amides is 1. The molecule has 0 unspecified atom stereocenters. The van der Waals surface area contributed by atoms with E-state index in [4.69, 9.17) is 21.1 Å². The van der Waals surface area contributed by atoms with Crippen LogP contribution in [0.15, 0.2) is 24.5 Å².